The lowest BCUT2D eigenvalue weighted by Gasteiger charge is -2.08. The normalized spacial score (nSPS) is 10.4. The van der Waals surface area contributed by atoms with Gasteiger partial charge in [0.15, 0.2) is 0 Å². The molecule has 0 aromatic carbocycles. The molecule has 118 valence electrons. The van der Waals surface area contributed by atoms with E-state index in [1.807, 2.05) is 16.8 Å². The molecule has 1 heterocycles. The van der Waals surface area contributed by atoms with Gasteiger partial charge in [0.25, 0.3) is 5.91 Å². The number of halogens is 1. The predicted octanol–water partition coefficient (Wildman–Crippen LogP) is 3.12. The zero-order chi connectivity index (χ0) is 15.7. The van der Waals surface area contributed by atoms with Crippen LogP contribution in [0.1, 0.15) is 49.5 Å². The van der Waals surface area contributed by atoms with Crippen LogP contribution in [-0.4, -0.2) is 30.1 Å². The molecule has 0 saturated heterocycles. The lowest BCUT2D eigenvalue weighted by molar-refractivity contribution is -0.140. The summed E-state index contributed by atoms with van der Waals surface area (Å²) in [5.41, 5.74) is 0.679. The summed E-state index contributed by atoms with van der Waals surface area (Å²) >= 11 is 3.40. The summed E-state index contributed by atoms with van der Waals surface area (Å²) in [4.78, 5) is 23.1. The fraction of sp³-hybridized carbons (Fsp3) is 0.600. The van der Waals surface area contributed by atoms with Crippen LogP contribution in [0.2, 0.25) is 0 Å². The van der Waals surface area contributed by atoms with Crippen molar-refractivity contribution >= 4 is 27.8 Å². The minimum Gasteiger partial charge on any atom is -0.469 e. The molecule has 5 nitrogen and oxygen atoms in total. The van der Waals surface area contributed by atoms with Gasteiger partial charge in [0, 0.05) is 30.2 Å². The molecular weight excluding hydrogens is 336 g/mol. The number of hydrogen-bond acceptors (Lipinski definition) is 3. The van der Waals surface area contributed by atoms with Crippen molar-refractivity contribution in [2.45, 2.75) is 45.6 Å². The number of ether oxygens (including phenoxy) is 1. The molecule has 0 saturated carbocycles. The number of nitrogens with zero attached hydrogens (tertiary/aromatic N) is 1. The summed E-state index contributed by atoms with van der Waals surface area (Å²) in [6, 6.07) is 1.84. The van der Waals surface area contributed by atoms with E-state index >= 15 is 0 Å². The van der Waals surface area contributed by atoms with Crippen LogP contribution in [0.4, 0.5) is 0 Å². The maximum absolute atomic E-state index is 12.1. The van der Waals surface area contributed by atoms with Gasteiger partial charge in [0.05, 0.1) is 7.11 Å². The van der Waals surface area contributed by atoms with E-state index in [4.69, 9.17) is 0 Å². The van der Waals surface area contributed by atoms with Gasteiger partial charge in [0.1, 0.15) is 5.69 Å². The van der Waals surface area contributed by atoms with Crippen LogP contribution in [0, 0.1) is 0 Å². The van der Waals surface area contributed by atoms with Gasteiger partial charge < -0.3 is 14.6 Å². The molecule has 0 aliphatic rings. The maximum atomic E-state index is 12.1. The summed E-state index contributed by atoms with van der Waals surface area (Å²) in [6.07, 6.45) is 5.90. The van der Waals surface area contributed by atoms with E-state index in [0.29, 0.717) is 18.7 Å². The SMILES string of the molecule is CCCn1cc(Br)cc1C(=O)NCCCCCC(=O)OC. The molecule has 0 spiro atoms. The van der Waals surface area contributed by atoms with E-state index in [-0.39, 0.29) is 11.9 Å². The number of carbonyl (C=O) groups is 2. The van der Waals surface area contributed by atoms with Gasteiger partial charge in [-0.25, -0.2) is 0 Å². The summed E-state index contributed by atoms with van der Waals surface area (Å²) in [7, 11) is 1.39. The van der Waals surface area contributed by atoms with Crippen LogP contribution in [-0.2, 0) is 16.1 Å². The van der Waals surface area contributed by atoms with Crippen molar-refractivity contribution in [1.29, 1.82) is 0 Å². The standard InChI is InChI=1S/C15H23BrN2O3/c1-3-9-18-11-12(16)10-13(18)15(20)17-8-6-4-5-7-14(19)21-2/h10-11H,3-9H2,1-2H3,(H,17,20). The fourth-order valence-electron chi connectivity index (χ4n) is 2.06. The lowest BCUT2D eigenvalue weighted by atomic mass is 10.2. The van der Waals surface area contributed by atoms with Gasteiger partial charge in [-0.05, 0) is 41.3 Å². The Bertz CT molecular complexity index is 471. The fourth-order valence-corrected chi connectivity index (χ4v) is 2.52. The Morgan fingerprint density at radius 1 is 1.33 bits per heavy atom. The van der Waals surface area contributed by atoms with E-state index in [1.54, 1.807) is 0 Å². The monoisotopic (exact) mass is 358 g/mol. The Kier molecular flexibility index (Phi) is 8.12. The van der Waals surface area contributed by atoms with Crippen LogP contribution in [0.15, 0.2) is 16.7 Å². The number of aryl methyl sites for hydroxylation is 1. The number of rotatable bonds is 9. The minimum atomic E-state index is -0.179. The van der Waals surface area contributed by atoms with E-state index < -0.39 is 0 Å². The highest BCUT2D eigenvalue weighted by molar-refractivity contribution is 9.10. The van der Waals surface area contributed by atoms with Crippen LogP contribution in [0.5, 0.6) is 0 Å². The number of hydrogen-bond donors (Lipinski definition) is 1. The second-order valence-corrected chi connectivity index (χ2v) is 5.80. The Labute approximate surface area is 134 Å². The molecule has 0 unspecified atom stereocenters. The summed E-state index contributed by atoms with van der Waals surface area (Å²) in [5, 5.41) is 2.92. The number of carbonyl (C=O) groups excluding carboxylic acids is 2. The largest absolute Gasteiger partial charge is 0.469 e. The smallest absolute Gasteiger partial charge is 0.305 e. The predicted molar refractivity (Wildman–Crippen MR) is 85.2 cm³/mol. The summed E-state index contributed by atoms with van der Waals surface area (Å²) < 4.78 is 7.45. The van der Waals surface area contributed by atoms with Crippen LogP contribution < -0.4 is 5.32 Å². The van der Waals surface area contributed by atoms with Crippen molar-refractivity contribution in [3.8, 4) is 0 Å². The Morgan fingerprint density at radius 3 is 2.76 bits per heavy atom. The maximum Gasteiger partial charge on any atom is 0.305 e. The number of aromatic nitrogens is 1. The highest BCUT2D eigenvalue weighted by Crippen LogP contribution is 2.15. The first kappa shape index (κ1) is 17.8. The molecule has 1 N–H and O–H groups in total. The molecule has 0 fully saturated rings. The van der Waals surface area contributed by atoms with Gasteiger partial charge >= 0.3 is 5.97 Å². The third kappa shape index (κ3) is 6.33. The van der Waals surface area contributed by atoms with Gasteiger partial charge in [-0.1, -0.05) is 13.3 Å². The molecule has 21 heavy (non-hydrogen) atoms. The van der Waals surface area contributed by atoms with Crippen LogP contribution in [0.25, 0.3) is 0 Å². The van der Waals surface area contributed by atoms with Crippen molar-refractivity contribution in [3.63, 3.8) is 0 Å². The number of unbranched alkanes of at least 4 members (excludes halogenated alkanes) is 2. The van der Waals surface area contributed by atoms with E-state index in [9.17, 15) is 9.59 Å². The van der Waals surface area contributed by atoms with Crippen molar-refractivity contribution in [2.24, 2.45) is 0 Å². The van der Waals surface area contributed by atoms with Gasteiger partial charge in [-0.2, -0.15) is 0 Å². The number of methoxy groups -OCH3 is 1. The third-order valence-corrected chi connectivity index (χ3v) is 3.56. The van der Waals surface area contributed by atoms with Crippen molar-refractivity contribution in [3.05, 3.63) is 22.4 Å². The molecule has 0 radical (unpaired) electrons. The second kappa shape index (κ2) is 9.60. The molecule has 6 heteroatoms. The zero-order valence-corrected chi connectivity index (χ0v) is 14.2. The number of amides is 1. The Morgan fingerprint density at radius 2 is 2.10 bits per heavy atom. The first-order valence-corrected chi connectivity index (χ1v) is 8.08. The average Bonchev–Trinajstić information content (AvgIpc) is 2.83. The van der Waals surface area contributed by atoms with Crippen molar-refractivity contribution in [1.82, 2.24) is 9.88 Å². The molecular formula is C15H23BrN2O3. The van der Waals surface area contributed by atoms with E-state index in [2.05, 4.69) is 32.9 Å². The Hall–Kier alpha value is -1.30. The summed E-state index contributed by atoms with van der Waals surface area (Å²) in [6.45, 7) is 3.53. The van der Waals surface area contributed by atoms with Crippen molar-refractivity contribution < 1.29 is 14.3 Å². The molecule has 0 bridgehead atoms. The molecule has 1 amide bonds. The highest BCUT2D eigenvalue weighted by Gasteiger charge is 2.12. The first-order chi connectivity index (χ1) is 10.1. The molecule has 1 rings (SSSR count). The molecule has 1 aromatic heterocycles. The second-order valence-electron chi connectivity index (χ2n) is 4.88. The third-order valence-electron chi connectivity index (χ3n) is 3.13. The molecule has 0 aliphatic carbocycles. The summed E-state index contributed by atoms with van der Waals surface area (Å²) in [5.74, 6) is -0.233. The minimum absolute atomic E-state index is 0.0536. The quantitative estimate of drug-likeness (QED) is 0.544. The lowest BCUT2D eigenvalue weighted by Crippen LogP contribution is -2.26. The van der Waals surface area contributed by atoms with Crippen LogP contribution >= 0.6 is 15.9 Å². The average molecular weight is 359 g/mol. The topological polar surface area (TPSA) is 60.3 Å². The van der Waals surface area contributed by atoms with Gasteiger partial charge in [-0.3, -0.25) is 9.59 Å². The molecule has 0 atom stereocenters. The number of esters is 1. The Balaban J connectivity index is 2.29. The number of nitrogens with one attached hydrogen (secondary N) is 1. The highest BCUT2D eigenvalue weighted by atomic mass is 79.9. The zero-order valence-electron chi connectivity index (χ0n) is 12.7. The van der Waals surface area contributed by atoms with Crippen LogP contribution in [0.3, 0.4) is 0 Å². The van der Waals surface area contributed by atoms with E-state index in [1.165, 1.54) is 7.11 Å². The van der Waals surface area contributed by atoms with Gasteiger partial charge in [-0.15, -0.1) is 0 Å². The van der Waals surface area contributed by atoms with Crippen molar-refractivity contribution in [2.75, 3.05) is 13.7 Å². The first-order valence-electron chi connectivity index (χ1n) is 7.29. The van der Waals surface area contributed by atoms with Gasteiger partial charge in [0.2, 0.25) is 0 Å². The van der Waals surface area contributed by atoms with E-state index in [0.717, 1.165) is 36.7 Å². The molecule has 1 aromatic rings. The molecule has 0 aliphatic heterocycles.